The highest BCUT2D eigenvalue weighted by Crippen LogP contribution is 2.23. The van der Waals surface area contributed by atoms with Gasteiger partial charge in [0.05, 0.1) is 42.7 Å². The molecule has 0 heterocycles. The van der Waals surface area contributed by atoms with Crippen LogP contribution in [0.3, 0.4) is 0 Å². The Bertz CT molecular complexity index is 2490. The number of rotatable bonds is 30. The zero-order valence-electron chi connectivity index (χ0n) is 57.4. The molecule has 0 bridgehead atoms. The highest BCUT2D eigenvalue weighted by molar-refractivity contribution is 8.08. The molecule has 4 aromatic carbocycles. The lowest BCUT2D eigenvalue weighted by Crippen LogP contribution is -2.26. The fourth-order valence-electron chi connectivity index (χ4n) is 6.65. The fourth-order valence-corrected chi connectivity index (χ4v) is 6.65. The Morgan fingerprint density at radius 3 is 1.33 bits per heavy atom. The maximum atomic E-state index is 11.9. The van der Waals surface area contributed by atoms with E-state index in [9.17, 15) is 19.7 Å². The van der Waals surface area contributed by atoms with Crippen molar-refractivity contribution in [2.24, 2.45) is 17.3 Å². The molecule has 0 spiro atoms. The first kappa shape index (κ1) is 93.9. The number of nitrogens with zero attached hydrogens (tertiary/aromatic N) is 4. The maximum Gasteiger partial charge on any atom is 0.340 e. The molecule has 89 heavy (non-hydrogen) atoms. The Balaban J connectivity index is -0.0000000968. The second kappa shape index (κ2) is 74.2. The summed E-state index contributed by atoms with van der Waals surface area (Å²) in [6.07, 6.45) is 42.6. The molecule has 4 rings (SSSR count). The third-order valence-electron chi connectivity index (χ3n) is 12.6. The van der Waals surface area contributed by atoms with Crippen LogP contribution >= 0.6 is 0 Å². The van der Waals surface area contributed by atoms with Crippen LogP contribution in [0, 0.1) is 79.0 Å². The molecule has 4 aromatic rings. The summed E-state index contributed by atoms with van der Waals surface area (Å²) in [6.45, 7) is 28.2. The predicted molar refractivity (Wildman–Crippen MR) is 412 cm³/mol. The number of nitro benzene ring substituents is 1. The molecule has 0 N–H and O–H groups in total. The summed E-state index contributed by atoms with van der Waals surface area (Å²) in [5.74, 6) is 2.32. The van der Waals surface area contributed by atoms with Gasteiger partial charge in [0.2, 0.25) is 0 Å². The van der Waals surface area contributed by atoms with Gasteiger partial charge in [-0.1, -0.05) is 100 Å². The number of unbranched alkanes of at least 4 members (excludes halogenated alkanes) is 7. The Kier molecular flexibility index (Phi) is 78.3. The quantitative estimate of drug-likeness (QED) is 0.0123. The summed E-state index contributed by atoms with van der Waals surface area (Å²) in [5.41, 5.74) is 4.40. The summed E-state index contributed by atoms with van der Waals surface area (Å²) >= 11 is 29.3. The van der Waals surface area contributed by atoms with Crippen LogP contribution < -0.4 is 14.4 Å². The molecule has 0 aliphatic heterocycles. The average molecular weight is 1380 g/mol. The maximum absolute atomic E-state index is 11.9. The van der Waals surface area contributed by atoms with E-state index in [1.807, 2.05) is 107 Å². The lowest BCUT2D eigenvalue weighted by molar-refractivity contribution is -0.384. The van der Waals surface area contributed by atoms with Gasteiger partial charge >= 0.3 is 23.3 Å². The zero-order chi connectivity index (χ0) is 73.0. The minimum absolute atomic E-state index is 0. The molecule has 2 unspecified atom stereocenters. The van der Waals surface area contributed by atoms with Crippen LogP contribution in [-0.2, 0) is 109 Å². The van der Waals surface area contributed by atoms with E-state index < -0.39 is 10.3 Å². The molecule has 20 heteroatoms. The average Bonchev–Trinajstić information content (AvgIpc) is 1.58. The first-order valence-corrected chi connectivity index (χ1v) is 33.0. The number of anilines is 1. The monoisotopic (exact) mass is 1380 g/mol. The number of hydrogen-bond acceptors (Lipinski definition) is 17. The number of ether oxygens (including phenoxy) is 4. The number of carbonyl (C=O) groups is 2. The number of hydrogen-bond donors (Lipinski definition) is 0. The van der Waals surface area contributed by atoms with Crippen LogP contribution in [0.2, 0.25) is 0 Å². The minimum Gasteiger partial charge on any atom is -0.494 e. The van der Waals surface area contributed by atoms with E-state index in [0.29, 0.717) is 26.4 Å². The Morgan fingerprint density at radius 2 is 0.955 bits per heavy atom. The normalized spacial score (nSPS) is 9.89. The zero-order valence-corrected chi connectivity index (χ0v) is 58.0. The van der Waals surface area contributed by atoms with Crippen LogP contribution in [0.1, 0.15) is 181 Å². The molecule has 0 radical (unpaired) electrons. The van der Waals surface area contributed by atoms with E-state index in [4.69, 9.17) is 41.0 Å². The van der Waals surface area contributed by atoms with Gasteiger partial charge in [-0.15, -0.1) is 38.5 Å². The largest absolute Gasteiger partial charge is 0.494 e. The summed E-state index contributed by atoms with van der Waals surface area (Å²) < 4.78 is 52.0. The van der Waals surface area contributed by atoms with Crippen LogP contribution in [0.15, 0.2) is 97.1 Å². The van der Waals surface area contributed by atoms with Crippen molar-refractivity contribution in [3.63, 3.8) is 0 Å². The van der Waals surface area contributed by atoms with Gasteiger partial charge in [-0.25, -0.2) is 0 Å². The number of carbonyl (C=O) groups excluding carboxylic acids is 2. The standard InChI is InChI=1S/C26H33NO5.C18H26NO3.C16H25N2.3C2H2.3CH4.4S2.3H2/c1-4-26(2,3)25(28)32-20-8-6-5-7-19-31-24-17-13-22(14-18-24)10-9-21-11-15-23(16-12-21)27(29)30;1-4-15(2)18(20)22-14-8-6-5-7-13-21-17-11-9-16(19-3)10-12-17;1-5-14(2)8-6-7-13-18(4)16-11-9-15(17-3)10-12-16;3*1-2;;;;4*1-2;;;/h9-18H,4-8,19-20H2,1-3H3;3,9-12,15H,4-8,13-14H2,1-2H3;3,9-12,14H,5-8,13H2,1-2,4H3;3*1-2H;3*1H4;;;;;3*1H/q;2*+1;;;;;;;;;;;;;/b10-9+;;;;;;;;;;;;;;;/i;;;;;;;;;;;;;3*1+1D. The van der Waals surface area contributed by atoms with Crippen molar-refractivity contribution in [3.8, 4) is 63.2 Å². The van der Waals surface area contributed by atoms with Crippen molar-refractivity contribution >= 4 is 136 Å². The number of non-ortho nitro benzene ring substituents is 1. The minimum atomic E-state index is -0.405. The van der Waals surface area contributed by atoms with Crippen LogP contribution in [0.4, 0.5) is 22.7 Å². The molecule has 0 aliphatic rings. The van der Waals surface area contributed by atoms with Gasteiger partial charge in [0, 0.05) is 154 Å². The number of esters is 2. The van der Waals surface area contributed by atoms with E-state index in [1.165, 1.54) is 43.5 Å². The van der Waals surface area contributed by atoms with E-state index in [-0.39, 0.29) is 45.8 Å². The highest BCUT2D eigenvalue weighted by atomic mass is 32.8. The SMILES string of the molecule is C.C.C.C#C.C#C.C#C.C#[N+]c1ccc(N(C)CCCCC(C)CC)cc1.C#[N+]c1ccc(OCCCCCCOC(=O)C(C)CC)cc1.CCC(C)(C)C(=O)OCCCCCCOc1ccc(/C=C/c2ccc([N+](=O)[O-])cc2)cc1.S=S.S=S.S=S.S=S.[2H][2H].[2H][2H].[2H][2H]. The van der Waals surface area contributed by atoms with Crippen LogP contribution in [0.25, 0.3) is 21.8 Å². The van der Waals surface area contributed by atoms with Crippen LogP contribution in [-0.4, -0.2) is 56.9 Å². The molecule has 12 nitrogen and oxygen atoms in total. The molecule has 498 valence electrons. The van der Waals surface area contributed by atoms with Crippen molar-refractivity contribution in [1.82, 2.24) is 0 Å². The first-order valence-electron chi connectivity index (χ1n) is 30.7. The summed E-state index contributed by atoms with van der Waals surface area (Å²) in [4.78, 5) is 43.2. The van der Waals surface area contributed by atoms with Gasteiger partial charge in [-0.3, -0.25) is 19.7 Å². The molecule has 2 atom stereocenters. The second-order valence-corrected chi connectivity index (χ2v) is 18.8. The number of benzene rings is 4. The van der Waals surface area contributed by atoms with Gasteiger partial charge < -0.3 is 23.8 Å². The molecule has 0 aromatic heterocycles. The molecule has 0 saturated heterocycles. The van der Waals surface area contributed by atoms with E-state index >= 15 is 0 Å². The molecule has 0 fully saturated rings. The molecule has 0 saturated carbocycles. The van der Waals surface area contributed by atoms with Gasteiger partial charge in [0.15, 0.2) is 0 Å². The van der Waals surface area contributed by atoms with Crippen molar-refractivity contribution in [1.29, 1.82) is 0 Å². The molecular weight excluding hydrogens is 1270 g/mol. The van der Waals surface area contributed by atoms with Gasteiger partial charge in [0.25, 0.3) is 18.8 Å². The van der Waals surface area contributed by atoms with Gasteiger partial charge in [-0.05, 0) is 160 Å². The lowest BCUT2D eigenvalue weighted by Gasteiger charge is -2.20. The van der Waals surface area contributed by atoms with E-state index in [0.717, 1.165) is 111 Å². The number of nitro groups is 1. The topological polar surface area (TPSA) is 126 Å². The van der Waals surface area contributed by atoms with Crippen molar-refractivity contribution < 1.29 is 42.4 Å². The summed E-state index contributed by atoms with van der Waals surface area (Å²) in [7, 11) is 2.14. The third-order valence-corrected chi connectivity index (χ3v) is 12.6. The van der Waals surface area contributed by atoms with Gasteiger partial charge in [-0.2, -0.15) is 0 Å². The smallest absolute Gasteiger partial charge is 0.340 e. The number of terminal acetylenes is 3. The Hall–Kier alpha value is -6.22. The second-order valence-electron chi connectivity index (χ2n) is 18.8. The predicted octanol–water partition coefficient (Wildman–Crippen LogP) is 19.8. The lowest BCUT2D eigenvalue weighted by atomic mass is 9.91. The van der Waals surface area contributed by atoms with E-state index in [2.05, 4.69) is 176 Å². The highest BCUT2D eigenvalue weighted by Gasteiger charge is 2.26. The molecule has 0 amide bonds. The summed E-state index contributed by atoms with van der Waals surface area (Å²) in [5, 5.41) is 10.7. The van der Waals surface area contributed by atoms with Crippen LogP contribution in [0.5, 0.6) is 11.5 Å². The third kappa shape index (κ3) is 55.6. The van der Waals surface area contributed by atoms with Crippen molar-refractivity contribution in [2.45, 2.75) is 161 Å². The van der Waals surface area contributed by atoms with Crippen molar-refractivity contribution in [3.05, 3.63) is 128 Å². The Labute approximate surface area is 588 Å². The summed E-state index contributed by atoms with van der Waals surface area (Å²) in [6, 6.07) is 29.7. The molecule has 0 aliphatic carbocycles. The van der Waals surface area contributed by atoms with Gasteiger partial charge in [0.1, 0.15) is 11.5 Å². The van der Waals surface area contributed by atoms with E-state index in [1.54, 1.807) is 12.1 Å². The fraction of sp³-hybridized carbons (Fsp3) is 0.478. The molecular formula is C69H108N4O8S8+2. The Morgan fingerprint density at radius 1 is 0.584 bits per heavy atom. The van der Waals surface area contributed by atoms with Crippen molar-refractivity contribution in [2.75, 3.05) is 44.9 Å². The first-order chi connectivity index (χ1) is 44.7.